The van der Waals surface area contributed by atoms with Crippen LogP contribution in [0.15, 0.2) is 0 Å². The van der Waals surface area contributed by atoms with Crippen molar-refractivity contribution >= 4 is 16.2 Å². The van der Waals surface area contributed by atoms with E-state index in [1.165, 1.54) is 32.4 Å². The molecule has 0 atom stereocenters. The molecule has 0 aromatic carbocycles. The van der Waals surface area contributed by atoms with Crippen LogP contribution in [0.5, 0.6) is 0 Å². The van der Waals surface area contributed by atoms with Crippen molar-refractivity contribution in [2.24, 2.45) is 0 Å². The molecule has 0 aliphatic carbocycles. The van der Waals surface area contributed by atoms with Gasteiger partial charge in [0.05, 0.1) is 0 Å². The molecule has 0 aromatic rings. The van der Waals surface area contributed by atoms with Gasteiger partial charge in [0, 0.05) is 0 Å². The van der Waals surface area contributed by atoms with Crippen molar-refractivity contribution < 1.29 is 0 Å². The van der Waals surface area contributed by atoms with E-state index in [-0.39, 0.29) is 0 Å². The standard InChI is InChI=1S/C7H15N.C3H7.Ga/c1-4-6-8(3)7-5-2;1-3-2;/h1-2,4-7H2,3H3;1,3H2,2H3;. The van der Waals surface area contributed by atoms with Gasteiger partial charge in [0.25, 0.3) is 0 Å². The molecule has 0 N–H and O–H groups in total. The van der Waals surface area contributed by atoms with Gasteiger partial charge in [-0.1, -0.05) is 0 Å². The van der Waals surface area contributed by atoms with Crippen LogP contribution in [0.2, 0.25) is 14.9 Å². The molecule has 1 nitrogen and oxygen atoms in total. The fourth-order valence-corrected chi connectivity index (χ4v) is 8.97. The Morgan fingerprint density at radius 2 is 1.75 bits per heavy atom. The van der Waals surface area contributed by atoms with E-state index in [2.05, 4.69) is 18.9 Å². The summed E-state index contributed by atoms with van der Waals surface area (Å²) in [5, 5.41) is 0. The fraction of sp³-hybridized carbons (Fsp3) is 1.00. The van der Waals surface area contributed by atoms with Gasteiger partial charge in [-0.25, -0.2) is 0 Å². The van der Waals surface area contributed by atoms with Gasteiger partial charge in [-0.3, -0.25) is 0 Å². The molecule has 0 aromatic heterocycles. The van der Waals surface area contributed by atoms with Crippen molar-refractivity contribution in [1.29, 1.82) is 0 Å². The first-order valence-corrected chi connectivity index (χ1v) is 10.7. The van der Waals surface area contributed by atoms with Gasteiger partial charge in [-0.2, -0.15) is 0 Å². The molecular formula is C10H22GaN. The van der Waals surface area contributed by atoms with Crippen molar-refractivity contribution in [3.63, 3.8) is 0 Å². The first-order valence-electron chi connectivity index (χ1n) is 5.51. The molecule has 1 rings (SSSR count). The van der Waals surface area contributed by atoms with E-state index in [4.69, 9.17) is 0 Å². The van der Waals surface area contributed by atoms with E-state index < -0.39 is 16.2 Å². The first kappa shape index (κ1) is 10.7. The second-order valence-corrected chi connectivity index (χ2v) is 11.5. The van der Waals surface area contributed by atoms with Crippen LogP contribution < -0.4 is 0 Å². The van der Waals surface area contributed by atoms with E-state index >= 15 is 0 Å². The van der Waals surface area contributed by atoms with Crippen LogP contribution in [0.1, 0.15) is 26.2 Å². The summed E-state index contributed by atoms with van der Waals surface area (Å²) in [5.74, 6) is 0. The Morgan fingerprint density at radius 1 is 1.17 bits per heavy atom. The Kier molecular flexibility index (Phi) is 5.44. The molecule has 0 bridgehead atoms. The topological polar surface area (TPSA) is 3.24 Å². The third-order valence-electron chi connectivity index (χ3n) is 3.00. The zero-order valence-electron chi connectivity index (χ0n) is 8.68. The average molecular weight is 226 g/mol. The van der Waals surface area contributed by atoms with Gasteiger partial charge in [-0.05, 0) is 0 Å². The Bertz CT molecular complexity index is 106. The summed E-state index contributed by atoms with van der Waals surface area (Å²) < 4.78 is 0. The molecule has 0 spiro atoms. The summed E-state index contributed by atoms with van der Waals surface area (Å²) in [4.78, 5) is 7.47. The van der Waals surface area contributed by atoms with E-state index in [0.717, 1.165) is 0 Å². The van der Waals surface area contributed by atoms with Crippen molar-refractivity contribution in [2.75, 3.05) is 20.1 Å². The van der Waals surface area contributed by atoms with Crippen LogP contribution in [0, 0.1) is 0 Å². The SMILES string of the molecule is CC[CH2][Ga]1[CH2]CCN(C)CC[CH2]1. The summed E-state index contributed by atoms with van der Waals surface area (Å²) in [5.41, 5.74) is 0. The average Bonchev–Trinajstić information content (AvgIpc) is 2.00. The third kappa shape index (κ3) is 4.01. The van der Waals surface area contributed by atoms with Gasteiger partial charge >= 0.3 is 82.4 Å². The van der Waals surface area contributed by atoms with Crippen molar-refractivity contribution in [3.05, 3.63) is 0 Å². The third-order valence-corrected chi connectivity index (χ3v) is 11.1. The van der Waals surface area contributed by atoms with Gasteiger partial charge in [0.15, 0.2) is 0 Å². The normalized spacial score (nSPS) is 22.0. The molecule has 70 valence electrons. The minimum atomic E-state index is -0.709. The molecule has 1 fully saturated rings. The van der Waals surface area contributed by atoms with Crippen LogP contribution in [0.25, 0.3) is 0 Å². The number of hydrogen-bond acceptors (Lipinski definition) is 1. The second-order valence-electron chi connectivity index (χ2n) is 4.24. The van der Waals surface area contributed by atoms with Crippen molar-refractivity contribution in [1.82, 2.24) is 4.90 Å². The van der Waals surface area contributed by atoms with Crippen LogP contribution in [0.3, 0.4) is 0 Å². The summed E-state index contributed by atoms with van der Waals surface area (Å²) in [6.07, 6.45) is 4.46. The van der Waals surface area contributed by atoms with Crippen LogP contribution in [-0.4, -0.2) is 41.3 Å². The monoisotopic (exact) mass is 225 g/mol. The predicted octanol–water partition coefficient (Wildman–Crippen LogP) is 2.62. The molecule has 0 unspecified atom stereocenters. The fourth-order valence-electron chi connectivity index (χ4n) is 2.25. The van der Waals surface area contributed by atoms with Gasteiger partial charge in [-0.15, -0.1) is 0 Å². The quantitative estimate of drug-likeness (QED) is 0.654. The summed E-state index contributed by atoms with van der Waals surface area (Å²) in [6, 6.07) is 0. The summed E-state index contributed by atoms with van der Waals surface area (Å²) in [7, 11) is 2.27. The van der Waals surface area contributed by atoms with E-state index in [0.29, 0.717) is 0 Å². The van der Waals surface area contributed by atoms with E-state index in [1.54, 1.807) is 14.9 Å². The Hall–Kier alpha value is 0.596. The summed E-state index contributed by atoms with van der Waals surface area (Å²) >= 11 is -0.709. The molecule has 1 aliphatic rings. The molecule has 2 heteroatoms. The van der Waals surface area contributed by atoms with Crippen molar-refractivity contribution in [2.45, 2.75) is 41.1 Å². The Labute approximate surface area is 82.6 Å². The molecular weight excluding hydrogens is 204 g/mol. The molecule has 1 heterocycles. The molecule has 12 heavy (non-hydrogen) atoms. The van der Waals surface area contributed by atoms with Crippen molar-refractivity contribution in [3.8, 4) is 0 Å². The number of nitrogens with zero attached hydrogens (tertiary/aromatic N) is 1. The molecule has 1 saturated heterocycles. The zero-order valence-corrected chi connectivity index (χ0v) is 11.1. The Balaban J connectivity index is 2.20. The first-order chi connectivity index (χ1) is 5.83. The molecule has 1 aliphatic heterocycles. The molecule has 0 amide bonds. The van der Waals surface area contributed by atoms with E-state index in [9.17, 15) is 0 Å². The second kappa shape index (κ2) is 6.11. The van der Waals surface area contributed by atoms with Gasteiger partial charge in [0.1, 0.15) is 0 Å². The van der Waals surface area contributed by atoms with Gasteiger partial charge in [0.2, 0.25) is 0 Å². The van der Waals surface area contributed by atoms with Crippen LogP contribution in [-0.2, 0) is 0 Å². The molecule has 0 radical (unpaired) electrons. The van der Waals surface area contributed by atoms with E-state index in [1.807, 2.05) is 0 Å². The maximum absolute atomic E-state index is 2.50. The number of hydrogen-bond donors (Lipinski definition) is 0. The number of rotatable bonds is 2. The van der Waals surface area contributed by atoms with Gasteiger partial charge < -0.3 is 0 Å². The zero-order chi connectivity index (χ0) is 8.81. The van der Waals surface area contributed by atoms with Crippen LogP contribution >= 0.6 is 0 Å². The maximum atomic E-state index is 2.50. The predicted molar refractivity (Wildman–Crippen MR) is 57.2 cm³/mol. The van der Waals surface area contributed by atoms with Crippen LogP contribution in [0.4, 0.5) is 0 Å². The summed E-state index contributed by atoms with van der Waals surface area (Å²) in [6.45, 7) is 5.09. The minimum absolute atomic E-state index is 0.709. The molecule has 0 saturated carbocycles. The Morgan fingerprint density at radius 3 is 2.25 bits per heavy atom.